The number of para-hydroxylation sites is 1. The number of fused-ring (bicyclic) bond motifs is 1. The Morgan fingerprint density at radius 2 is 1.88 bits per heavy atom. The smallest absolute Gasteiger partial charge is 0.226 e. The summed E-state index contributed by atoms with van der Waals surface area (Å²) in [6, 6.07) is 14.8. The summed E-state index contributed by atoms with van der Waals surface area (Å²) in [6.07, 6.45) is 2.36. The molecule has 0 amide bonds. The van der Waals surface area contributed by atoms with Gasteiger partial charge in [-0.1, -0.05) is 48.0 Å². The van der Waals surface area contributed by atoms with Crippen LogP contribution in [0.1, 0.15) is 16.2 Å². The van der Waals surface area contributed by atoms with Gasteiger partial charge in [0, 0.05) is 33.1 Å². The second-order valence-corrected chi connectivity index (χ2v) is 6.04. The van der Waals surface area contributed by atoms with Gasteiger partial charge in [-0.25, -0.2) is 4.98 Å². The number of rotatable bonds is 4. The zero-order valence-corrected chi connectivity index (χ0v) is 14.2. The Kier molecular flexibility index (Phi) is 4.02. The first-order chi connectivity index (χ1) is 12.6. The quantitative estimate of drug-likeness (QED) is 0.284. The minimum Gasteiger partial charge on any atom is -0.507 e. The van der Waals surface area contributed by atoms with Crippen LogP contribution in [0.4, 0.5) is 0 Å². The van der Waals surface area contributed by atoms with E-state index in [-0.39, 0.29) is 11.6 Å². The Bertz CT molecular complexity index is 1130. The van der Waals surface area contributed by atoms with Crippen LogP contribution < -0.4 is 0 Å². The van der Waals surface area contributed by atoms with Crippen LogP contribution in [0.25, 0.3) is 27.9 Å². The molecule has 4 rings (SSSR count). The van der Waals surface area contributed by atoms with Crippen LogP contribution in [0.2, 0.25) is 5.02 Å². The van der Waals surface area contributed by atoms with Crippen molar-refractivity contribution >= 4 is 34.0 Å². The van der Waals surface area contributed by atoms with Crippen LogP contribution in [-0.4, -0.2) is 31.1 Å². The van der Waals surface area contributed by atoms with Gasteiger partial charge in [0.05, 0.1) is 5.69 Å². The van der Waals surface area contributed by atoms with E-state index in [0.717, 1.165) is 22.5 Å². The third kappa shape index (κ3) is 2.76. The van der Waals surface area contributed by atoms with Gasteiger partial charge in [-0.15, -0.1) is 0 Å². The number of hydrogen-bond donors (Lipinski definition) is 3. The van der Waals surface area contributed by atoms with Crippen LogP contribution in [0.15, 0.2) is 60.9 Å². The van der Waals surface area contributed by atoms with Gasteiger partial charge in [0.25, 0.3) is 0 Å². The van der Waals surface area contributed by atoms with Crippen LogP contribution in [0.3, 0.4) is 0 Å². The van der Waals surface area contributed by atoms with Gasteiger partial charge in [0.15, 0.2) is 5.82 Å². The molecule has 0 spiro atoms. The Hall–Kier alpha value is -3.38. The summed E-state index contributed by atoms with van der Waals surface area (Å²) in [6.45, 7) is 0. The zero-order chi connectivity index (χ0) is 18.1. The minimum absolute atomic E-state index is 0.0516. The maximum absolute atomic E-state index is 12.3. The van der Waals surface area contributed by atoms with E-state index in [4.69, 9.17) is 11.6 Å². The number of halogens is 1. The lowest BCUT2D eigenvalue weighted by atomic mass is 10.0. The summed E-state index contributed by atoms with van der Waals surface area (Å²) in [5.41, 5.74) is 2.69. The van der Waals surface area contributed by atoms with Gasteiger partial charge in [0.1, 0.15) is 12.1 Å². The molecule has 2 heterocycles. The van der Waals surface area contributed by atoms with Crippen molar-refractivity contribution in [3.05, 3.63) is 77.3 Å². The van der Waals surface area contributed by atoms with Crippen LogP contribution in [0.5, 0.6) is 0 Å². The fourth-order valence-corrected chi connectivity index (χ4v) is 3.09. The number of aromatic nitrogens is 4. The molecule has 128 valence electrons. The number of allylic oxidation sites excluding steroid dienone is 1. The van der Waals surface area contributed by atoms with E-state index in [1.54, 1.807) is 6.07 Å². The molecule has 0 atom stereocenters. The summed E-state index contributed by atoms with van der Waals surface area (Å²) >= 11 is 6.34. The lowest BCUT2D eigenvalue weighted by Gasteiger charge is -2.06. The monoisotopic (exact) mass is 364 g/mol. The van der Waals surface area contributed by atoms with Crippen molar-refractivity contribution in [1.29, 1.82) is 0 Å². The minimum atomic E-state index is -0.476. The predicted molar refractivity (Wildman–Crippen MR) is 100 cm³/mol. The molecule has 0 radical (unpaired) electrons. The summed E-state index contributed by atoms with van der Waals surface area (Å²) in [5.74, 6) is -0.607. The van der Waals surface area contributed by atoms with Gasteiger partial charge >= 0.3 is 0 Å². The fourth-order valence-electron chi connectivity index (χ4n) is 2.86. The average molecular weight is 365 g/mol. The second kappa shape index (κ2) is 6.50. The number of ketones is 1. The van der Waals surface area contributed by atoms with Crippen molar-refractivity contribution in [2.24, 2.45) is 0 Å². The van der Waals surface area contributed by atoms with Crippen LogP contribution in [0, 0.1) is 0 Å². The van der Waals surface area contributed by atoms with E-state index in [1.807, 2.05) is 42.5 Å². The van der Waals surface area contributed by atoms with E-state index in [1.165, 1.54) is 6.33 Å². The van der Waals surface area contributed by atoms with Crippen LogP contribution in [-0.2, 0) is 0 Å². The van der Waals surface area contributed by atoms with Gasteiger partial charge in [-0.2, -0.15) is 5.10 Å². The van der Waals surface area contributed by atoms with Gasteiger partial charge in [-0.3, -0.25) is 9.89 Å². The number of hydrogen-bond acceptors (Lipinski definition) is 4. The first kappa shape index (κ1) is 16.1. The number of carbonyl (C=O) groups is 1. The third-order valence-electron chi connectivity index (χ3n) is 4.02. The fraction of sp³-hybridized carbons (Fsp3) is 0. The maximum atomic E-state index is 12.3. The highest BCUT2D eigenvalue weighted by Gasteiger charge is 2.19. The average Bonchev–Trinajstić information content (AvgIpc) is 3.30. The molecule has 4 aromatic rings. The van der Waals surface area contributed by atoms with Gasteiger partial charge < -0.3 is 10.1 Å². The molecule has 2 aromatic heterocycles. The molecular weight excluding hydrogens is 352 g/mol. The molecule has 3 N–H and O–H groups in total. The molecule has 6 nitrogen and oxygen atoms in total. The maximum Gasteiger partial charge on any atom is 0.226 e. The Balaban J connectivity index is 1.92. The van der Waals surface area contributed by atoms with Crippen molar-refractivity contribution in [1.82, 2.24) is 20.2 Å². The van der Waals surface area contributed by atoms with Crippen molar-refractivity contribution in [3.63, 3.8) is 0 Å². The summed E-state index contributed by atoms with van der Waals surface area (Å²) in [5, 5.41) is 18.2. The number of nitrogens with zero attached hydrogens (tertiary/aromatic N) is 2. The molecule has 0 aliphatic carbocycles. The lowest BCUT2D eigenvalue weighted by molar-refractivity contribution is 0.103. The molecule has 26 heavy (non-hydrogen) atoms. The number of H-pyrrole nitrogens is 2. The van der Waals surface area contributed by atoms with Gasteiger partial charge in [-0.05, 0) is 12.1 Å². The Labute approximate surface area is 153 Å². The largest absolute Gasteiger partial charge is 0.507 e. The standard InChI is InChI=1S/C19H13ClN4O2/c20-13-7-3-1-5-11(13)18-17(12-6-2-4-8-14(12)23-18)15(25)9-16(26)19-21-10-22-24-19/h1-10,23,25H,(H,21,22,24)/b15-9+. The first-order valence-electron chi connectivity index (χ1n) is 7.81. The number of carbonyl (C=O) groups excluding carboxylic acids is 1. The van der Waals surface area contributed by atoms with Crippen molar-refractivity contribution in [3.8, 4) is 11.3 Å². The zero-order valence-electron chi connectivity index (χ0n) is 13.4. The highest BCUT2D eigenvalue weighted by Crippen LogP contribution is 2.37. The van der Waals surface area contributed by atoms with E-state index in [9.17, 15) is 9.90 Å². The normalized spacial score (nSPS) is 11.8. The van der Waals surface area contributed by atoms with Crippen molar-refractivity contribution in [2.75, 3.05) is 0 Å². The number of nitrogens with one attached hydrogen (secondary N) is 2. The number of benzene rings is 2. The third-order valence-corrected chi connectivity index (χ3v) is 4.35. The SMILES string of the molecule is O=C(/C=C(/O)c1c(-c2ccccc2Cl)[nH]c2ccccc12)c1ncn[nH]1. The van der Waals surface area contributed by atoms with E-state index >= 15 is 0 Å². The molecule has 7 heteroatoms. The molecule has 0 aliphatic rings. The first-order valence-corrected chi connectivity index (χ1v) is 8.19. The molecule has 0 unspecified atom stereocenters. The topological polar surface area (TPSA) is 94.7 Å². The van der Waals surface area contributed by atoms with Crippen LogP contribution >= 0.6 is 11.6 Å². The highest BCUT2D eigenvalue weighted by molar-refractivity contribution is 6.33. The van der Waals surface area contributed by atoms with E-state index in [2.05, 4.69) is 20.2 Å². The Morgan fingerprint density at radius 1 is 1.12 bits per heavy atom. The molecule has 0 saturated carbocycles. The van der Waals surface area contributed by atoms with Gasteiger partial charge in [0.2, 0.25) is 5.78 Å². The molecule has 0 saturated heterocycles. The summed E-state index contributed by atoms with van der Waals surface area (Å²) in [4.78, 5) is 19.3. The molecular formula is C19H13ClN4O2. The number of aromatic amines is 2. The highest BCUT2D eigenvalue weighted by atomic mass is 35.5. The number of aliphatic hydroxyl groups excluding tert-OH is 1. The number of aliphatic hydroxyl groups is 1. The summed E-state index contributed by atoms with van der Waals surface area (Å²) in [7, 11) is 0. The molecule has 0 fully saturated rings. The Morgan fingerprint density at radius 3 is 2.65 bits per heavy atom. The van der Waals surface area contributed by atoms with E-state index < -0.39 is 5.78 Å². The van der Waals surface area contributed by atoms with Crippen molar-refractivity contribution < 1.29 is 9.90 Å². The predicted octanol–water partition coefficient (Wildman–Crippen LogP) is 4.39. The lowest BCUT2D eigenvalue weighted by Crippen LogP contribution is -1.99. The second-order valence-electron chi connectivity index (χ2n) is 5.63. The molecule has 0 aliphatic heterocycles. The molecule has 2 aromatic carbocycles. The van der Waals surface area contributed by atoms with E-state index in [0.29, 0.717) is 16.3 Å². The summed E-state index contributed by atoms with van der Waals surface area (Å²) < 4.78 is 0. The van der Waals surface area contributed by atoms with Crippen molar-refractivity contribution in [2.45, 2.75) is 0 Å². The molecule has 0 bridgehead atoms.